The lowest BCUT2D eigenvalue weighted by molar-refractivity contribution is -0.121. The molecule has 0 fully saturated rings. The summed E-state index contributed by atoms with van der Waals surface area (Å²) in [4.78, 5) is 11.6. The molecule has 0 saturated heterocycles. The molecule has 3 nitrogen and oxygen atoms in total. The Labute approximate surface area is 131 Å². The van der Waals surface area contributed by atoms with Gasteiger partial charge >= 0.3 is 0 Å². The van der Waals surface area contributed by atoms with E-state index in [0.717, 1.165) is 5.56 Å². The van der Waals surface area contributed by atoms with Gasteiger partial charge in [-0.25, -0.2) is 0 Å². The SMILES string of the molecule is CC(C)CNC(=O)CCNC(C)c1cccc(Cl)c1Cl. The average Bonchev–Trinajstić information content (AvgIpc) is 2.39. The van der Waals surface area contributed by atoms with Crippen molar-refractivity contribution in [3.05, 3.63) is 33.8 Å². The smallest absolute Gasteiger partial charge is 0.221 e. The molecule has 2 N–H and O–H groups in total. The van der Waals surface area contributed by atoms with E-state index in [0.29, 0.717) is 35.5 Å². The Morgan fingerprint density at radius 3 is 2.60 bits per heavy atom. The summed E-state index contributed by atoms with van der Waals surface area (Å²) >= 11 is 12.2. The molecule has 1 amide bonds. The summed E-state index contributed by atoms with van der Waals surface area (Å²) in [5.74, 6) is 0.534. The third-order valence-corrected chi connectivity index (χ3v) is 3.79. The molecule has 1 aromatic rings. The molecule has 1 unspecified atom stereocenters. The molecule has 0 saturated carbocycles. The summed E-state index contributed by atoms with van der Waals surface area (Å²) in [6.45, 7) is 7.47. The van der Waals surface area contributed by atoms with Crippen molar-refractivity contribution in [1.82, 2.24) is 10.6 Å². The van der Waals surface area contributed by atoms with Crippen molar-refractivity contribution < 1.29 is 4.79 Å². The number of carbonyl (C=O) groups is 1. The van der Waals surface area contributed by atoms with Crippen LogP contribution in [0, 0.1) is 5.92 Å². The zero-order valence-electron chi connectivity index (χ0n) is 12.2. The van der Waals surface area contributed by atoms with Crippen molar-refractivity contribution in [3.8, 4) is 0 Å². The van der Waals surface area contributed by atoms with E-state index in [1.165, 1.54) is 0 Å². The summed E-state index contributed by atoms with van der Waals surface area (Å²) in [7, 11) is 0. The summed E-state index contributed by atoms with van der Waals surface area (Å²) < 4.78 is 0. The first-order valence-electron chi connectivity index (χ1n) is 6.85. The summed E-state index contributed by atoms with van der Waals surface area (Å²) in [6, 6.07) is 5.63. The van der Waals surface area contributed by atoms with Gasteiger partial charge in [0, 0.05) is 25.6 Å². The van der Waals surface area contributed by atoms with E-state index in [4.69, 9.17) is 23.2 Å². The monoisotopic (exact) mass is 316 g/mol. The average molecular weight is 317 g/mol. The van der Waals surface area contributed by atoms with E-state index in [9.17, 15) is 4.79 Å². The van der Waals surface area contributed by atoms with Gasteiger partial charge in [-0.15, -0.1) is 0 Å². The first-order valence-corrected chi connectivity index (χ1v) is 7.61. The molecule has 1 rings (SSSR count). The minimum atomic E-state index is 0.0547. The second-order valence-electron chi connectivity index (χ2n) is 5.27. The van der Waals surface area contributed by atoms with E-state index in [-0.39, 0.29) is 11.9 Å². The van der Waals surface area contributed by atoms with Crippen LogP contribution < -0.4 is 10.6 Å². The Balaban J connectivity index is 2.38. The van der Waals surface area contributed by atoms with Gasteiger partial charge in [-0.1, -0.05) is 49.2 Å². The van der Waals surface area contributed by atoms with Crippen LogP contribution in [-0.2, 0) is 4.79 Å². The Bertz CT molecular complexity index is 449. The fourth-order valence-electron chi connectivity index (χ4n) is 1.77. The van der Waals surface area contributed by atoms with Crippen LogP contribution in [0.1, 0.15) is 38.8 Å². The number of hydrogen-bond donors (Lipinski definition) is 2. The Morgan fingerprint density at radius 1 is 1.25 bits per heavy atom. The standard InChI is InChI=1S/C15H22Cl2N2O/c1-10(2)9-19-14(20)7-8-18-11(3)12-5-4-6-13(16)15(12)17/h4-6,10-11,18H,7-9H2,1-3H3,(H,19,20). The molecule has 0 spiro atoms. The third kappa shape index (κ3) is 5.70. The van der Waals surface area contributed by atoms with Crippen molar-refractivity contribution in [2.45, 2.75) is 33.2 Å². The van der Waals surface area contributed by atoms with Crippen LogP contribution in [0.4, 0.5) is 0 Å². The van der Waals surface area contributed by atoms with E-state index in [1.807, 2.05) is 19.1 Å². The highest BCUT2D eigenvalue weighted by Gasteiger charge is 2.11. The van der Waals surface area contributed by atoms with Gasteiger partial charge < -0.3 is 10.6 Å². The van der Waals surface area contributed by atoms with Crippen molar-refractivity contribution in [2.75, 3.05) is 13.1 Å². The predicted octanol–water partition coefficient (Wildman–Crippen LogP) is 3.81. The molecule has 20 heavy (non-hydrogen) atoms. The molecule has 0 aliphatic rings. The minimum absolute atomic E-state index is 0.0547. The summed E-state index contributed by atoms with van der Waals surface area (Å²) in [5.41, 5.74) is 0.946. The van der Waals surface area contributed by atoms with Gasteiger partial charge in [-0.05, 0) is 24.5 Å². The first kappa shape index (κ1) is 17.3. The van der Waals surface area contributed by atoms with Crippen molar-refractivity contribution >= 4 is 29.1 Å². The predicted molar refractivity (Wildman–Crippen MR) is 85.3 cm³/mol. The highest BCUT2D eigenvalue weighted by Crippen LogP contribution is 2.29. The molecule has 0 bridgehead atoms. The maximum absolute atomic E-state index is 11.6. The van der Waals surface area contributed by atoms with Crippen LogP contribution in [0.15, 0.2) is 18.2 Å². The highest BCUT2D eigenvalue weighted by atomic mass is 35.5. The Morgan fingerprint density at radius 2 is 1.95 bits per heavy atom. The van der Waals surface area contributed by atoms with Gasteiger partial charge in [0.1, 0.15) is 0 Å². The van der Waals surface area contributed by atoms with Crippen molar-refractivity contribution in [2.24, 2.45) is 5.92 Å². The van der Waals surface area contributed by atoms with E-state index < -0.39 is 0 Å². The van der Waals surface area contributed by atoms with Gasteiger partial charge in [0.25, 0.3) is 0 Å². The molecule has 1 aromatic carbocycles. The van der Waals surface area contributed by atoms with Crippen LogP contribution in [0.5, 0.6) is 0 Å². The first-order chi connectivity index (χ1) is 9.41. The lowest BCUT2D eigenvalue weighted by Crippen LogP contribution is -2.31. The summed E-state index contributed by atoms with van der Waals surface area (Å²) in [5, 5.41) is 7.29. The van der Waals surface area contributed by atoms with Crippen LogP contribution in [0.3, 0.4) is 0 Å². The van der Waals surface area contributed by atoms with Crippen LogP contribution in [-0.4, -0.2) is 19.0 Å². The summed E-state index contributed by atoms with van der Waals surface area (Å²) in [6.07, 6.45) is 0.454. The van der Waals surface area contributed by atoms with E-state index >= 15 is 0 Å². The molecule has 0 aliphatic heterocycles. The topological polar surface area (TPSA) is 41.1 Å². The number of nitrogens with one attached hydrogen (secondary N) is 2. The van der Waals surface area contributed by atoms with Gasteiger partial charge in [0.2, 0.25) is 5.91 Å². The number of rotatable bonds is 7. The maximum atomic E-state index is 11.6. The van der Waals surface area contributed by atoms with Crippen LogP contribution in [0.2, 0.25) is 10.0 Å². The zero-order valence-corrected chi connectivity index (χ0v) is 13.7. The van der Waals surface area contributed by atoms with Crippen LogP contribution in [0.25, 0.3) is 0 Å². The normalized spacial score (nSPS) is 12.5. The number of hydrogen-bond acceptors (Lipinski definition) is 2. The number of carbonyl (C=O) groups excluding carboxylic acids is 1. The van der Waals surface area contributed by atoms with Crippen molar-refractivity contribution in [1.29, 1.82) is 0 Å². The largest absolute Gasteiger partial charge is 0.356 e. The van der Waals surface area contributed by atoms with Gasteiger partial charge in [-0.3, -0.25) is 4.79 Å². The highest BCUT2D eigenvalue weighted by molar-refractivity contribution is 6.42. The van der Waals surface area contributed by atoms with Gasteiger partial charge in [0.15, 0.2) is 0 Å². The molecular weight excluding hydrogens is 295 g/mol. The molecule has 112 valence electrons. The second-order valence-corrected chi connectivity index (χ2v) is 6.05. The number of halogens is 2. The van der Waals surface area contributed by atoms with E-state index in [1.54, 1.807) is 6.07 Å². The Kier molecular flexibility index (Phi) is 7.35. The molecule has 0 radical (unpaired) electrons. The minimum Gasteiger partial charge on any atom is -0.356 e. The molecule has 0 heterocycles. The molecule has 5 heteroatoms. The fourth-order valence-corrected chi connectivity index (χ4v) is 2.24. The second kappa shape index (κ2) is 8.50. The fraction of sp³-hybridized carbons (Fsp3) is 0.533. The molecule has 1 atom stereocenters. The number of amides is 1. The van der Waals surface area contributed by atoms with Crippen LogP contribution >= 0.6 is 23.2 Å². The maximum Gasteiger partial charge on any atom is 0.221 e. The lowest BCUT2D eigenvalue weighted by atomic mass is 10.1. The van der Waals surface area contributed by atoms with Crippen molar-refractivity contribution in [3.63, 3.8) is 0 Å². The molecule has 0 aliphatic carbocycles. The number of benzene rings is 1. The third-order valence-electron chi connectivity index (χ3n) is 2.96. The molecular formula is C15H22Cl2N2O. The quantitative estimate of drug-likeness (QED) is 0.803. The van der Waals surface area contributed by atoms with Gasteiger partial charge in [-0.2, -0.15) is 0 Å². The van der Waals surface area contributed by atoms with Gasteiger partial charge in [0.05, 0.1) is 10.0 Å². The Hall–Kier alpha value is -0.770. The zero-order chi connectivity index (χ0) is 15.1. The lowest BCUT2D eigenvalue weighted by Gasteiger charge is -2.16. The molecule has 0 aromatic heterocycles. The van der Waals surface area contributed by atoms with E-state index in [2.05, 4.69) is 24.5 Å².